The molecular weight excluding hydrogens is 262 g/mol. The standard InChI is InChI=1S/C13H17N3O4/c14-12(16-20)8-2-1-3-9(8)15-13(19)7-4-5-10(17)11(18)6-7/h4-6,8-9,17-18,20H,1-3H2,(H2,14,16)(H,15,19). The number of nitrogens with two attached hydrogens (primary N) is 1. The number of oxime groups is 1. The molecular formula is C13H17N3O4. The monoisotopic (exact) mass is 279 g/mol. The fourth-order valence-electron chi connectivity index (χ4n) is 2.48. The van der Waals surface area contributed by atoms with Crippen LogP contribution in [0.25, 0.3) is 0 Å². The molecule has 1 aliphatic carbocycles. The van der Waals surface area contributed by atoms with E-state index in [-0.39, 0.29) is 40.8 Å². The van der Waals surface area contributed by atoms with Gasteiger partial charge in [-0.1, -0.05) is 11.6 Å². The Hall–Kier alpha value is -2.44. The summed E-state index contributed by atoms with van der Waals surface area (Å²) in [6.07, 6.45) is 2.38. The molecule has 1 aliphatic rings. The molecule has 0 spiro atoms. The van der Waals surface area contributed by atoms with Gasteiger partial charge < -0.3 is 26.5 Å². The lowest BCUT2D eigenvalue weighted by Crippen LogP contribution is -2.42. The fraction of sp³-hybridized carbons (Fsp3) is 0.385. The molecule has 20 heavy (non-hydrogen) atoms. The van der Waals surface area contributed by atoms with E-state index >= 15 is 0 Å². The first-order valence-corrected chi connectivity index (χ1v) is 6.33. The second-order valence-electron chi connectivity index (χ2n) is 4.85. The van der Waals surface area contributed by atoms with Crippen LogP contribution in [0.2, 0.25) is 0 Å². The van der Waals surface area contributed by atoms with E-state index in [1.54, 1.807) is 0 Å². The summed E-state index contributed by atoms with van der Waals surface area (Å²) in [4.78, 5) is 12.1. The Morgan fingerprint density at radius 1 is 1.30 bits per heavy atom. The molecule has 2 unspecified atom stereocenters. The Labute approximate surface area is 115 Å². The van der Waals surface area contributed by atoms with Gasteiger partial charge in [-0.05, 0) is 31.0 Å². The summed E-state index contributed by atoms with van der Waals surface area (Å²) in [7, 11) is 0. The molecule has 1 fully saturated rings. The van der Waals surface area contributed by atoms with Gasteiger partial charge in [0.1, 0.15) is 5.84 Å². The zero-order valence-electron chi connectivity index (χ0n) is 10.8. The molecule has 108 valence electrons. The van der Waals surface area contributed by atoms with E-state index in [4.69, 9.17) is 10.9 Å². The summed E-state index contributed by atoms with van der Waals surface area (Å²) in [6.45, 7) is 0. The van der Waals surface area contributed by atoms with E-state index < -0.39 is 0 Å². The van der Waals surface area contributed by atoms with Crippen molar-refractivity contribution in [3.05, 3.63) is 23.8 Å². The van der Waals surface area contributed by atoms with Crippen LogP contribution in [0.3, 0.4) is 0 Å². The second-order valence-corrected chi connectivity index (χ2v) is 4.85. The highest BCUT2D eigenvalue weighted by molar-refractivity contribution is 5.95. The van der Waals surface area contributed by atoms with Gasteiger partial charge in [-0.2, -0.15) is 0 Å². The topological polar surface area (TPSA) is 128 Å². The Morgan fingerprint density at radius 3 is 2.70 bits per heavy atom. The molecule has 7 nitrogen and oxygen atoms in total. The van der Waals surface area contributed by atoms with Crippen molar-refractivity contribution in [3.8, 4) is 11.5 Å². The molecule has 0 aromatic heterocycles. The largest absolute Gasteiger partial charge is 0.504 e. The maximum Gasteiger partial charge on any atom is 0.251 e. The number of carbonyl (C=O) groups excluding carboxylic acids is 1. The average Bonchev–Trinajstić information content (AvgIpc) is 2.89. The number of phenolic OH excluding ortho intramolecular Hbond substituents is 2. The van der Waals surface area contributed by atoms with Crippen molar-refractivity contribution in [2.45, 2.75) is 25.3 Å². The minimum absolute atomic E-state index is 0.112. The van der Waals surface area contributed by atoms with Gasteiger partial charge in [0.05, 0.1) is 0 Å². The predicted octanol–water partition coefficient (Wildman–Crippen LogP) is 0.743. The number of aromatic hydroxyl groups is 2. The van der Waals surface area contributed by atoms with Gasteiger partial charge >= 0.3 is 0 Å². The number of carbonyl (C=O) groups is 1. The van der Waals surface area contributed by atoms with Gasteiger partial charge in [0.25, 0.3) is 5.91 Å². The number of hydrogen-bond acceptors (Lipinski definition) is 5. The third-order valence-electron chi connectivity index (χ3n) is 3.57. The van der Waals surface area contributed by atoms with Crippen LogP contribution < -0.4 is 11.1 Å². The molecule has 1 amide bonds. The molecule has 2 rings (SSSR count). The number of benzene rings is 1. The lowest BCUT2D eigenvalue weighted by atomic mass is 10.0. The maximum absolute atomic E-state index is 12.1. The number of phenols is 2. The molecule has 0 bridgehead atoms. The third-order valence-corrected chi connectivity index (χ3v) is 3.57. The van der Waals surface area contributed by atoms with Gasteiger partial charge in [0.2, 0.25) is 0 Å². The fourth-order valence-corrected chi connectivity index (χ4v) is 2.48. The molecule has 0 aliphatic heterocycles. The molecule has 2 atom stereocenters. The summed E-state index contributed by atoms with van der Waals surface area (Å²) in [5.41, 5.74) is 5.84. The number of nitrogens with zero attached hydrogens (tertiary/aromatic N) is 1. The van der Waals surface area contributed by atoms with E-state index in [9.17, 15) is 15.0 Å². The Kier molecular flexibility index (Phi) is 3.97. The van der Waals surface area contributed by atoms with Crippen molar-refractivity contribution in [1.82, 2.24) is 5.32 Å². The molecule has 1 aromatic rings. The van der Waals surface area contributed by atoms with E-state index in [0.29, 0.717) is 0 Å². The Bertz CT molecular complexity index is 544. The maximum atomic E-state index is 12.1. The normalized spacial score (nSPS) is 22.7. The molecule has 7 heteroatoms. The molecule has 1 saturated carbocycles. The van der Waals surface area contributed by atoms with Gasteiger partial charge in [0.15, 0.2) is 11.5 Å². The molecule has 1 aromatic carbocycles. The minimum atomic E-state index is -0.372. The summed E-state index contributed by atoms with van der Waals surface area (Å²) in [5.74, 6) is -1.08. The van der Waals surface area contributed by atoms with Crippen molar-refractivity contribution >= 4 is 11.7 Å². The SMILES string of the molecule is N/C(=N/O)C1CCCC1NC(=O)c1ccc(O)c(O)c1. The summed E-state index contributed by atoms with van der Waals surface area (Å²) >= 11 is 0. The smallest absolute Gasteiger partial charge is 0.251 e. The molecule has 6 N–H and O–H groups in total. The number of hydrogen-bond donors (Lipinski definition) is 5. The van der Waals surface area contributed by atoms with Crippen LogP contribution in [0, 0.1) is 5.92 Å². The van der Waals surface area contributed by atoms with Crippen molar-refractivity contribution in [2.24, 2.45) is 16.8 Å². The van der Waals surface area contributed by atoms with E-state index in [0.717, 1.165) is 19.3 Å². The van der Waals surface area contributed by atoms with E-state index in [1.165, 1.54) is 18.2 Å². The van der Waals surface area contributed by atoms with Crippen LogP contribution in [-0.2, 0) is 0 Å². The van der Waals surface area contributed by atoms with Crippen LogP contribution in [0.1, 0.15) is 29.6 Å². The first-order valence-electron chi connectivity index (χ1n) is 6.33. The predicted molar refractivity (Wildman–Crippen MR) is 71.8 cm³/mol. The quantitative estimate of drug-likeness (QED) is 0.183. The summed E-state index contributed by atoms with van der Waals surface area (Å²) in [5, 5.41) is 33.1. The third kappa shape index (κ3) is 2.76. The molecule has 0 radical (unpaired) electrons. The number of amidine groups is 1. The van der Waals surface area contributed by atoms with Gasteiger partial charge in [-0.3, -0.25) is 4.79 Å². The van der Waals surface area contributed by atoms with E-state index in [2.05, 4.69) is 10.5 Å². The average molecular weight is 279 g/mol. The van der Waals surface area contributed by atoms with Crippen molar-refractivity contribution in [1.29, 1.82) is 0 Å². The first-order chi connectivity index (χ1) is 9.52. The lowest BCUT2D eigenvalue weighted by molar-refractivity contribution is 0.0933. The van der Waals surface area contributed by atoms with Crippen LogP contribution in [0.5, 0.6) is 11.5 Å². The minimum Gasteiger partial charge on any atom is -0.504 e. The van der Waals surface area contributed by atoms with E-state index in [1.807, 2.05) is 0 Å². The second kappa shape index (κ2) is 5.68. The lowest BCUT2D eigenvalue weighted by Gasteiger charge is -2.19. The Morgan fingerprint density at radius 2 is 2.05 bits per heavy atom. The highest BCUT2D eigenvalue weighted by atomic mass is 16.4. The zero-order valence-corrected chi connectivity index (χ0v) is 10.8. The summed E-state index contributed by atoms with van der Waals surface area (Å²) in [6, 6.07) is 3.66. The van der Waals surface area contributed by atoms with Crippen molar-refractivity contribution < 1.29 is 20.2 Å². The van der Waals surface area contributed by atoms with Crippen molar-refractivity contribution in [3.63, 3.8) is 0 Å². The van der Waals surface area contributed by atoms with Crippen LogP contribution in [0.4, 0.5) is 0 Å². The number of rotatable bonds is 3. The van der Waals surface area contributed by atoms with Crippen LogP contribution in [-0.4, -0.2) is 33.2 Å². The van der Waals surface area contributed by atoms with Gasteiger partial charge in [0, 0.05) is 17.5 Å². The molecule has 0 heterocycles. The Balaban J connectivity index is 2.09. The first kappa shape index (κ1) is 14.0. The van der Waals surface area contributed by atoms with Crippen LogP contribution >= 0.6 is 0 Å². The van der Waals surface area contributed by atoms with Gasteiger partial charge in [-0.25, -0.2) is 0 Å². The highest BCUT2D eigenvalue weighted by Gasteiger charge is 2.32. The van der Waals surface area contributed by atoms with Gasteiger partial charge in [-0.15, -0.1) is 0 Å². The number of amides is 1. The zero-order chi connectivity index (χ0) is 14.7. The summed E-state index contributed by atoms with van der Waals surface area (Å²) < 4.78 is 0. The molecule has 0 saturated heterocycles. The highest BCUT2D eigenvalue weighted by Crippen LogP contribution is 2.27. The van der Waals surface area contributed by atoms with Crippen LogP contribution in [0.15, 0.2) is 23.4 Å². The number of nitrogens with one attached hydrogen (secondary N) is 1. The van der Waals surface area contributed by atoms with Crippen molar-refractivity contribution in [2.75, 3.05) is 0 Å².